The second-order valence-corrected chi connectivity index (χ2v) is 5.40. The number of nitrogens with one attached hydrogen (secondary N) is 1. The van der Waals surface area contributed by atoms with Crippen LogP contribution in [0.15, 0.2) is 18.2 Å². The van der Waals surface area contributed by atoms with Crippen LogP contribution in [0.4, 0.5) is 5.69 Å². The van der Waals surface area contributed by atoms with Crippen molar-refractivity contribution in [1.82, 2.24) is 5.32 Å². The summed E-state index contributed by atoms with van der Waals surface area (Å²) in [4.78, 5) is 12.2. The van der Waals surface area contributed by atoms with Crippen molar-refractivity contribution in [2.24, 2.45) is 5.92 Å². The molecule has 0 aliphatic heterocycles. The molecule has 104 valence electrons. The van der Waals surface area contributed by atoms with Crippen LogP contribution in [0.2, 0.25) is 0 Å². The maximum absolute atomic E-state index is 12.2. The topological polar surface area (TPSA) is 64.3 Å². The molecule has 0 aromatic heterocycles. The lowest BCUT2D eigenvalue weighted by Gasteiger charge is -2.27. The maximum Gasteiger partial charge on any atom is 0.251 e. The zero-order valence-electron chi connectivity index (χ0n) is 11.6. The van der Waals surface area contributed by atoms with E-state index >= 15 is 0 Å². The lowest BCUT2D eigenvalue weighted by molar-refractivity contribution is 0.0921. The molecular weight excluding hydrogens is 240 g/mol. The molecule has 1 saturated carbocycles. The van der Waals surface area contributed by atoms with Crippen LogP contribution in [0.1, 0.15) is 43.0 Å². The highest BCUT2D eigenvalue weighted by molar-refractivity contribution is 5.95. The minimum absolute atomic E-state index is 0.0477. The van der Waals surface area contributed by atoms with E-state index in [4.69, 9.17) is 10.5 Å². The standard InChI is InChI=1S/C15H22N2O2/c1-10-4-3-5-12(8-10)17-15(18)11-6-7-14(19-2)13(16)9-11/h6-7,9-10,12H,3-5,8,16H2,1-2H3,(H,17,18)/t10-,12+/m0/s1. The average molecular weight is 262 g/mol. The normalized spacial score (nSPS) is 22.8. The van der Waals surface area contributed by atoms with Crippen molar-refractivity contribution in [3.05, 3.63) is 23.8 Å². The van der Waals surface area contributed by atoms with E-state index in [1.807, 2.05) is 0 Å². The van der Waals surface area contributed by atoms with Gasteiger partial charge in [0.05, 0.1) is 12.8 Å². The summed E-state index contributed by atoms with van der Waals surface area (Å²) in [5, 5.41) is 3.09. The highest BCUT2D eigenvalue weighted by atomic mass is 16.5. The third kappa shape index (κ3) is 3.40. The van der Waals surface area contributed by atoms with Crippen molar-refractivity contribution in [2.45, 2.75) is 38.6 Å². The Morgan fingerprint density at radius 2 is 2.21 bits per heavy atom. The molecule has 1 fully saturated rings. The molecule has 19 heavy (non-hydrogen) atoms. The zero-order chi connectivity index (χ0) is 13.8. The van der Waals surface area contributed by atoms with Crippen LogP contribution < -0.4 is 15.8 Å². The van der Waals surface area contributed by atoms with Gasteiger partial charge in [0, 0.05) is 11.6 Å². The Balaban J connectivity index is 2.01. The summed E-state index contributed by atoms with van der Waals surface area (Å²) < 4.78 is 5.09. The fourth-order valence-corrected chi connectivity index (χ4v) is 2.71. The molecule has 0 radical (unpaired) electrons. The summed E-state index contributed by atoms with van der Waals surface area (Å²) in [6.07, 6.45) is 4.60. The van der Waals surface area contributed by atoms with Gasteiger partial charge in [-0.2, -0.15) is 0 Å². The highest BCUT2D eigenvalue weighted by Gasteiger charge is 2.21. The first-order chi connectivity index (χ1) is 9.10. The largest absolute Gasteiger partial charge is 0.495 e. The number of hydrogen-bond acceptors (Lipinski definition) is 3. The van der Waals surface area contributed by atoms with E-state index in [0.29, 0.717) is 29.0 Å². The molecule has 1 aliphatic rings. The van der Waals surface area contributed by atoms with Gasteiger partial charge in [0.2, 0.25) is 0 Å². The predicted molar refractivity (Wildman–Crippen MR) is 76.3 cm³/mol. The van der Waals surface area contributed by atoms with Crippen molar-refractivity contribution in [3.63, 3.8) is 0 Å². The summed E-state index contributed by atoms with van der Waals surface area (Å²) in [6.45, 7) is 2.24. The number of benzene rings is 1. The Hall–Kier alpha value is -1.71. The zero-order valence-corrected chi connectivity index (χ0v) is 11.6. The van der Waals surface area contributed by atoms with Gasteiger partial charge in [-0.3, -0.25) is 4.79 Å². The number of ether oxygens (including phenoxy) is 1. The van der Waals surface area contributed by atoms with Crippen LogP contribution in [0.5, 0.6) is 5.75 Å². The SMILES string of the molecule is COc1ccc(C(=O)N[C@@H]2CCC[C@H](C)C2)cc1N. The number of anilines is 1. The number of methoxy groups -OCH3 is 1. The van der Waals surface area contributed by atoms with Gasteiger partial charge in [-0.05, 0) is 37.0 Å². The first-order valence-electron chi connectivity index (χ1n) is 6.84. The Labute approximate surface area is 114 Å². The van der Waals surface area contributed by atoms with Gasteiger partial charge in [0.1, 0.15) is 5.75 Å². The average Bonchev–Trinajstić information content (AvgIpc) is 2.38. The summed E-state index contributed by atoms with van der Waals surface area (Å²) >= 11 is 0. The van der Waals surface area contributed by atoms with Gasteiger partial charge in [-0.15, -0.1) is 0 Å². The third-order valence-electron chi connectivity index (χ3n) is 3.76. The molecule has 3 N–H and O–H groups in total. The molecule has 1 aliphatic carbocycles. The highest BCUT2D eigenvalue weighted by Crippen LogP contribution is 2.25. The smallest absolute Gasteiger partial charge is 0.251 e. The van der Waals surface area contributed by atoms with Gasteiger partial charge in [-0.25, -0.2) is 0 Å². The number of amides is 1. The second kappa shape index (κ2) is 5.95. The number of hydrogen-bond donors (Lipinski definition) is 2. The van der Waals surface area contributed by atoms with E-state index in [1.165, 1.54) is 12.8 Å². The van der Waals surface area contributed by atoms with E-state index in [0.717, 1.165) is 12.8 Å². The van der Waals surface area contributed by atoms with Crippen LogP contribution in [0, 0.1) is 5.92 Å². The van der Waals surface area contributed by atoms with E-state index in [9.17, 15) is 4.79 Å². The number of carbonyl (C=O) groups excluding carboxylic acids is 1. The molecule has 0 spiro atoms. The van der Waals surface area contributed by atoms with Crippen molar-refractivity contribution < 1.29 is 9.53 Å². The minimum atomic E-state index is -0.0477. The fourth-order valence-electron chi connectivity index (χ4n) is 2.71. The summed E-state index contributed by atoms with van der Waals surface area (Å²) in [6, 6.07) is 5.44. The molecule has 0 saturated heterocycles. The Kier molecular flexibility index (Phi) is 4.30. The molecular formula is C15H22N2O2. The summed E-state index contributed by atoms with van der Waals surface area (Å²) in [5.74, 6) is 1.25. The van der Waals surface area contributed by atoms with Gasteiger partial charge < -0.3 is 15.8 Å². The Morgan fingerprint density at radius 1 is 1.42 bits per heavy atom. The lowest BCUT2D eigenvalue weighted by Crippen LogP contribution is -2.37. The number of nitrogen functional groups attached to an aromatic ring is 1. The van der Waals surface area contributed by atoms with Crippen molar-refractivity contribution in [1.29, 1.82) is 0 Å². The van der Waals surface area contributed by atoms with Crippen LogP contribution >= 0.6 is 0 Å². The van der Waals surface area contributed by atoms with E-state index in [-0.39, 0.29) is 5.91 Å². The number of rotatable bonds is 3. The van der Waals surface area contributed by atoms with Crippen LogP contribution in [0.25, 0.3) is 0 Å². The van der Waals surface area contributed by atoms with E-state index in [2.05, 4.69) is 12.2 Å². The molecule has 4 nitrogen and oxygen atoms in total. The minimum Gasteiger partial charge on any atom is -0.495 e. The van der Waals surface area contributed by atoms with Crippen LogP contribution in [-0.4, -0.2) is 19.1 Å². The molecule has 1 aromatic rings. The molecule has 0 unspecified atom stereocenters. The van der Waals surface area contributed by atoms with E-state index < -0.39 is 0 Å². The van der Waals surface area contributed by atoms with Crippen LogP contribution in [-0.2, 0) is 0 Å². The molecule has 0 bridgehead atoms. The molecule has 2 atom stereocenters. The van der Waals surface area contributed by atoms with Gasteiger partial charge in [0.15, 0.2) is 0 Å². The van der Waals surface area contributed by atoms with Crippen molar-refractivity contribution in [2.75, 3.05) is 12.8 Å². The maximum atomic E-state index is 12.2. The molecule has 4 heteroatoms. The monoisotopic (exact) mass is 262 g/mol. The van der Waals surface area contributed by atoms with Gasteiger partial charge in [0.25, 0.3) is 5.91 Å². The van der Waals surface area contributed by atoms with Gasteiger partial charge >= 0.3 is 0 Å². The van der Waals surface area contributed by atoms with Gasteiger partial charge in [-0.1, -0.05) is 19.8 Å². The second-order valence-electron chi connectivity index (χ2n) is 5.40. The third-order valence-corrected chi connectivity index (χ3v) is 3.76. The van der Waals surface area contributed by atoms with Crippen molar-refractivity contribution in [3.8, 4) is 5.75 Å². The van der Waals surface area contributed by atoms with E-state index in [1.54, 1.807) is 25.3 Å². The molecule has 0 heterocycles. The quantitative estimate of drug-likeness (QED) is 0.823. The fraction of sp³-hybridized carbons (Fsp3) is 0.533. The Morgan fingerprint density at radius 3 is 2.84 bits per heavy atom. The number of carbonyl (C=O) groups is 1. The lowest BCUT2D eigenvalue weighted by atomic mass is 9.87. The first-order valence-corrected chi connectivity index (χ1v) is 6.84. The summed E-state index contributed by atoms with van der Waals surface area (Å²) in [5.41, 5.74) is 6.91. The van der Waals surface area contributed by atoms with Crippen LogP contribution in [0.3, 0.4) is 0 Å². The van der Waals surface area contributed by atoms with Crippen molar-refractivity contribution >= 4 is 11.6 Å². The summed E-state index contributed by atoms with van der Waals surface area (Å²) in [7, 11) is 1.56. The molecule has 1 amide bonds. The Bertz CT molecular complexity index is 459. The predicted octanol–water partition coefficient (Wildman–Crippen LogP) is 2.59. The molecule has 1 aromatic carbocycles. The molecule has 2 rings (SSSR count). The number of nitrogens with two attached hydrogens (primary N) is 1. The first kappa shape index (κ1) is 13.7.